The lowest BCUT2D eigenvalue weighted by Gasteiger charge is -2.49. The fourth-order valence-electron chi connectivity index (χ4n) is 3.99. The lowest BCUT2D eigenvalue weighted by molar-refractivity contribution is -0.155. The molecule has 12 nitrogen and oxygen atoms in total. The fourth-order valence-corrected chi connectivity index (χ4v) is 6.80. The number of anilines is 1. The van der Waals surface area contributed by atoms with Crippen LogP contribution in [0.2, 0.25) is 0 Å². The molecule has 5 rings (SSSR count). The number of hydrogen-bond acceptors (Lipinski definition) is 12. The van der Waals surface area contributed by atoms with E-state index in [1.54, 1.807) is 18.5 Å². The number of nitrogen functional groups attached to an aromatic ring is 1. The number of allylic oxidation sites excluding steroid dienone is 1. The van der Waals surface area contributed by atoms with Crippen LogP contribution < -0.4 is 11.1 Å². The zero-order valence-corrected chi connectivity index (χ0v) is 21.2. The number of nitrogens with two attached hydrogens (primary N) is 1. The van der Waals surface area contributed by atoms with E-state index in [1.165, 1.54) is 33.4 Å². The van der Waals surface area contributed by atoms with E-state index >= 15 is 0 Å². The van der Waals surface area contributed by atoms with Crippen molar-refractivity contribution in [3.05, 3.63) is 40.1 Å². The van der Waals surface area contributed by atoms with Gasteiger partial charge in [-0.25, -0.2) is 19.2 Å². The van der Waals surface area contributed by atoms with E-state index in [0.717, 1.165) is 21.6 Å². The van der Waals surface area contributed by atoms with Gasteiger partial charge in [0.2, 0.25) is 0 Å². The van der Waals surface area contributed by atoms with Gasteiger partial charge in [-0.05, 0) is 18.9 Å². The van der Waals surface area contributed by atoms with Crippen molar-refractivity contribution < 1.29 is 28.7 Å². The van der Waals surface area contributed by atoms with Crippen LogP contribution in [0.1, 0.15) is 18.5 Å². The number of carboxylic acid groups (broad SMARTS) is 1. The van der Waals surface area contributed by atoms with Gasteiger partial charge in [0.15, 0.2) is 15.2 Å². The van der Waals surface area contributed by atoms with Crippen molar-refractivity contribution >= 4 is 73.3 Å². The molecule has 4 N–H and O–H groups in total. The summed E-state index contributed by atoms with van der Waals surface area (Å²) in [5, 5.41) is 17.9. The second-order valence-electron chi connectivity index (χ2n) is 7.80. The van der Waals surface area contributed by atoms with Crippen LogP contribution in [0.5, 0.6) is 0 Å². The predicted molar refractivity (Wildman–Crippen MR) is 135 cm³/mol. The van der Waals surface area contributed by atoms with Crippen LogP contribution in [0.4, 0.5) is 9.52 Å². The quantitative estimate of drug-likeness (QED) is 0.151. The molecule has 2 atom stereocenters. The summed E-state index contributed by atoms with van der Waals surface area (Å²) >= 11 is 3.67. The molecule has 3 aromatic heterocycles. The Morgan fingerprint density at radius 2 is 2.24 bits per heavy atom. The Balaban J connectivity index is 1.34. The summed E-state index contributed by atoms with van der Waals surface area (Å²) in [7, 11) is 0. The molecule has 2 aliphatic heterocycles. The highest BCUT2D eigenvalue weighted by atomic mass is 32.2. The maximum Gasteiger partial charge on any atom is 0.353 e. The molecule has 2 amide bonds. The molecule has 16 heteroatoms. The van der Waals surface area contributed by atoms with Crippen LogP contribution in [0.25, 0.3) is 10.2 Å². The number of hydrogen-bond donors (Lipinski definition) is 3. The highest BCUT2D eigenvalue weighted by Gasteiger charge is 2.54. The molecule has 1 saturated heterocycles. The number of nitrogens with one attached hydrogen (secondary N) is 1. The van der Waals surface area contributed by atoms with Gasteiger partial charge < -0.3 is 21.0 Å². The summed E-state index contributed by atoms with van der Waals surface area (Å²) in [6.45, 7) is -1.18. The zero-order valence-electron chi connectivity index (χ0n) is 18.8. The first-order valence-corrected chi connectivity index (χ1v) is 13.3. The highest BCUT2D eigenvalue weighted by Crippen LogP contribution is 2.44. The number of oxime groups is 1. The van der Waals surface area contributed by atoms with Crippen molar-refractivity contribution in [2.45, 2.75) is 29.3 Å². The standard InChI is InChI=1S/C21H18FN7O5S3/c22-4-6-34-28-14(10-8-35-20(23)25-10)17(30)27-15-11-1-2-12(16(19(32)33)29(11)18(15)31)36-21-26-9-3-5-24-7-13(9)37-21/h3,5,7-8,11,15H,1-2,4,6H2,(H2,23,25)(H,27,30)(H,32,33)/b28-14+/t11-,15+/m1/s1. The minimum Gasteiger partial charge on any atom is -0.477 e. The number of thiazole rings is 2. The van der Waals surface area contributed by atoms with E-state index in [0.29, 0.717) is 22.1 Å². The number of carbonyl (C=O) groups excluding carboxylic acids is 2. The Morgan fingerprint density at radius 3 is 2.95 bits per heavy atom. The molecule has 0 spiro atoms. The first-order valence-electron chi connectivity index (χ1n) is 10.8. The van der Waals surface area contributed by atoms with Gasteiger partial charge in [0.25, 0.3) is 11.8 Å². The molecule has 0 aromatic carbocycles. The van der Waals surface area contributed by atoms with Crippen LogP contribution in [0.15, 0.2) is 43.9 Å². The summed E-state index contributed by atoms with van der Waals surface area (Å²) in [6.07, 6.45) is 4.12. The number of rotatable bonds is 9. The Bertz CT molecular complexity index is 1420. The molecule has 0 saturated carbocycles. The van der Waals surface area contributed by atoms with Crippen LogP contribution in [-0.2, 0) is 19.2 Å². The van der Waals surface area contributed by atoms with E-state index in [-0.39, 0.29) is 28.8 Å². The molecule has 3 aromatic rings. The topological polar surface area (TPSA) is 173 Å². The summed E-state index contributed by atoms with van der Waals surface area (Å²) < 4.78 is 14.0. The lowest BCUT2D eigenvalue weighted by atomic mass is 9.86. The third kappa shape index (κ3) is 4.86. The van der Waals surface area contributed by atoms with Gasteiger partial charge in [0.05, 0.1) is 16.3 Å². The second-order valence-corrected chi connectivity index (χ2v) is 11.1. The summed E-state index contributed by atoms with van der Waals surface area (Å²) in [4.78, 5) is 57.3. The Labute approximate surface area is 220 Å². The molecular formula is C21H18FN7O5S3. The maximum absolute atomic E-state index is 13.0. The Kier molecular flexibility index (Phi) is 7.03. The SMILES string of the molecule is Nc1nc(/C(=N\OCCF)C(=O)N[C@@H]2C(=O)N3C(C(=O)O)=C(Sc4nc5ccncc5s4)CC[C@H]23)cs1. The smallest absolute Gasteiger partial charge is 0.353 e. The molecule has 5 heterocycles. The van der Waals surface area contributed by atoms with Gasteiger partial charge in [-0.15, -0.1) is 22.7 Å². The van der Waals surface area contributed by atoms with Gasteiger partial charge in [0, 0.05) is 22.7 Å². The molecule has 0 unspecified atom stereocenters. The molecule has 192 valence electrons. The van der Waals surface area contributed by atoms with Crippen molar-refractivity contribution in [1.29, 1.82) is 0 Å². The van der Waals surface area contributed by atoms with Gasteiger partial charge >= 0.3 is 5.97 Å². The highest BCUT2D eigenvalue weighted by molar-refractivity contribution is 8.04. The van der Waals surface area contributed by atoms with Crippen molar-refractivity contribution in [3.63, 3.8) is 0 Å². The van der Waals surface area contributed by atoms with Crippen molar-refractivity contribution in [3.8, 4) is 0 Å². The Morgan fingerprint density at radius 1 is 1.41 bits per heavy atom. The normalized spacial score (nSPS) is 19.5. The largest absolute Gasteiger partial charge is 0.477 e. The van der Waals surface area contributed by atoms with E-state index < -0.39 is 36.5 Å². The van der Waals surface area contributed by atoms with Gasteiger partial charge in [0.1, 0.15) is 30.7 Å². The number of fused-ring (bicyclic) bond motifs is 2. The average Bonchev–Trinajstić information content (AvgIpc) is 3.50. The zero-order chi connectivity index (χ0) is 26.1. The number of aromatic nitrogens is 3. The summed E-state index contributed by atoms with van der Waals surface area (Å²) in [6, 6.07) is 0.246. The molecule has 37 heavy (non-hydrogen) atoms. The van der Waals surface area contributed by atoms with E-state index in [1.807, 2.05) is 0 Å². The third-order valence-corrected chi connectivity index (χ3v) is 8.45. The molecular weight excluding hydrogens is 545 g/mol. The minimum absolute atomic E-state index is 0.113. The van der Waals surface area contributed by atoms with Crippen molar-refractivity contribution in [2.75, 3.05) is 19.0 Å². The van der Waals surface area contributed by atoms with Gasteiger partial charge in [-0.3, -0.25) is 19.5 Å². The van der Waals surface area contributed by atoms with Crippen LogP contribution in [0, 0.1) is 0 Å². The number of thioether (sulfide) groups is 1. The second kappa shape index (κ2) is 10.4. The number of nitrogens with zero attached hydrogens (tertiary/aromatic N) is 5. The first-order chi connectivity index (χ1) is 17.9. The third-order valence-electron chi connectivity index (χ3n) is 5.57. The number of pyridine rings is 1. The number of halogens is 1. The lowest BCUT2D eigenvalue weighted by Crippen LogP contribution is -2.72. The number of carboxylic acids is 1. The molecule has 0 radical (unpaired) electrons. The number of β-lactam (4-membered cyclic amide) rings is 1. The predicted octanol–water partition coefficient (Wildman–Crippen LogP) is 2.00. The molecule has 0 aliphatic carbocycles. The van der Waals surface area contributed by atoms with Crippen molar-refractivity contribution in [1.82, 2.24) is 25.2 Å². The molecule has 0 bridgehead atoms. The molecule has 1 fully saturated rings. The maximum atomic E-state index is 13.0. The Hall–Kier alpha value is -3.63. The monoisotopic (exact) mass is 563 g/mol. The van der Waals surface area contributed by atoms with Crippen LogP contribution in [-0.4, -0.2) is 73.8 Å². The molecule has 2 aliphatic rings. The van der Waals surface area contributed by atoms with Crippen molar-refractivity contribution in [2.24, 2.45) is 5.16 Å². The van der Waals surface area contributed by atoms with E-state index in [4.69, 9.17) is 10.6 Å². The van der Waals surface area contributed by atoms with Crippen LogP contribution in [0.3, 0.4) is 0 Å². The van der Waals surface area contributed by atoms with E-state index in [9.17, 15) is 23.9 Å². The first kappa shape index (κ1) is 25.0. The summed E-state index contributed by atoms with van der Waals surface area (Å²) in [5.41, 5.74) is 6.12. The number of alkyl halides is 1. The number of carbonyl (C=O) groups is 3. The number of amides is 2. The fraction of sp³-hybridized carbons (Fsp3) is 0.286. The number of aliphatic carboxylic acids is 1. The van der Waals surface area contributed by atoms with Gasteiger partial charge in [-0.2, -0.15) is 0 Å². The minimum atomic E-state index is -1.24. The average molecular weight is 564 g/mol. The summed E-state index contributed by atoms with van der Waals surface area (Å²) in [5.74, 6) is -2.58. The van der Waals surface area contributed by atoms with Crippen LogP contribution >= 0.6 is 34.4 Å². The van der Waals surface area contributed by atoms with E-state index in [2.05, 4.69) is 25.4 Å². The van der Waals surface area contributed by atoms with Gasteiger partial charge in [-0.1, -0.05) is 16.9 Å².